The van der Waals surface area contributed by atoms with Gasteiger partial charge in [0.2, 0.25) is 5.91 Å². The molecule has 5 nitrogen and oxygen atoms in total. The van der Waals surface area contributed by atoms with Crippen LogP contribution in [0.15, 0.2) is 0 Å². The Kier molecular flexibility index (Phi) is 8.59. The molecule has 0 aromatic carbocycles. The summed E-state index contributed by atoms with van der Waals surface area (Å²) in [6.07, 6.45) is 1.21. The molecule has 1 unspecified atom stereocenters. The summed E-state index contributed by atoms with van der Waals surface area (Å²) in [7, 11) is 1.47. The Morgan fingerprint density at radius 1 is 1.11 bits per heavy atom. The van der Waals surface area contributed by atoms with E-state index in [1.807, 2.05) is 27.7 Å². The maximum Gasteiger partial charge on any atom is 0.237 e. The monoisotopic (exact) mass is 272 g/mol. The van der Waals surface area contributed by atoms with Crippen molar-refractivity contribution in [1.82, 2.24) is 5.32 Å². The van der Waals surface area contributed by atoms with Crippen LogP contribution in [0.5, 0.6) is 0 Å². The first-order valence-electron chi connectivity index (χ1n) is 6.85. The van der Waals surface area contributed by atoms with E-state index >= 15 is 0 Å². The molecule has 0 aromatic rings. The second-order valence-electron chi connectivity index (χ2n) is 5.83. The molecular formula is C14H28N2O3. The molecule has 5 heteroatoms. The SMILES string of the molecule is COCC(=O)C(CC(C)C)NC(=O)[C@@H](N)CC(C)C. The summed E-state index contributed by atoms with van der Waals surface area (Å²) in [6, 6.07) is -1.07. The van der Waals surface area contributed by atoms with Crippen LogP contribution in [-0.4, -0.2) is 37.5 Å². The van der Waals surface area contributed by atoms with Crippen molar-refractivity contribution >= 4 is 11.7 Å². The van der Waals surface area contributed by atoms with Crippen molar-refractivity contribution in [3.63, 3.8) is 0 Å². The molecule has 112 valence electrons. The van der Waals surface area contributed by atoms with Gasteiger partial charge in [0.15, 0.2) is 5.78 Å². The summed E-state index contributed by atoms with van der Waals surface area (Å²) in [5.74, 6) is 0.288. The highest BCUT2D eigenvalue weighted by Gasteiger charge is 2.24. The Morgan fingerprint density at radius 3 is 2.05 bits per heavy atom. The fraction of sp³-hybridized carbons (Fsp3) is 0.857. The third-order valence-corrected chi connectivity index (χ3v) is 2.76. The van der Waals surface area contributed by atoms with Gasteiger partial charge in [-0.3, -0.25) is 9.59 Å². The summed E-state index contributed by atoms with van der Waals surface area (Å²) >= 11 is 0. The molecule has 0 heterocycles. The molecular weight excluding hydrogens is 244 g/mol. The number of ketones is 1. The molecule has 0 saturated heterocycles. The standard InChI is InChI=1S/C14H28N2O3/c1-9(2)6-11(15)14(18)16-12(7-10(3)4)13(17)8-19-5/h9-12H,6-8,15H2,1-5H3,(H,16,18)/t11-,12?/m0/s1. The van der Waals surface area contributed by atoms with Gasteiger partial charge < -0.3 is 15.8 Å². The van der Waals surface area contributed by atoms with Crippen LogP contribution in [0.3, 0.4) is 0 Å². The Balaban J connectivity index is 4.53. The second-order valence-corrected chi connectivity index (χ2v) is 5.83. The first-order chi connectivity index (χ1) is 8.77. The zero-order valence-corrected chi connectivity index (χ0v) is 12.7. The fourth-order valence-electron chi connectivity index (χ4n) is 1.88. The van der Waals surface area contributed by atoms with E-state index in [0.29, 0.717) is 24.7 Å². The van der Waals surface area contributed by atoms with Gasteiger partial charge in [-0.25, -0.2) is 0 Å². The van der Waals surface area contributed by atoms with Crippen LogP contribution in [0.1, 0.15) is 40.5 Å². The van der Waals surface area contributed by atoms with Crippen molar-refractivity contribution in [1.29, 1.82) is 0 Å². The third kappa shape index (κ3) is 7.95. The maximum atomic E-state index is 11.9. The van der Waals surface area contributed by atoms with Crippen molar-refractivity contribution in [2.45, 2.75) is 52.6 Å². The van der Waals surface area contributed by atoms with E-state index in [0.717, 1.165) is 0 Å². The summed E-state index contributed by atoms with van der Waals surface area (Å²) in [5.41, 5.74) is 5.82. The minimum atomic E-state index is -0.565. The Hall–Kier alpha value is -0.940. The van der Waals surface area contributed by atoms with Crippen LogP contribution in [0.2, 0.25) is 0 Å². The van der Waals surface area contributed by atoms with Gasteiger partial charge >= 0.3 is 0 Å². The van der Waals surface area contributed by atoms with Crippen LogP contribution < -0.4 is 11.1 Å². The van der Waals surface area contributed by atoms with Gasteiger partial charge in [0.25, 0.3) is 0 Å². The molecule has 0 aromatic heterocycles. The number of methoxy groups -OCH3 is 1. The largest absolute Gasteiger partial charge is 0.377 e. The van der Waals surface area contributed by atoms with Crippen molar-refractivity contribution < 1.29 is 14.3 Å². The minimum absolute atomic E-state index is 0.0110. The van der Waals surface area contributed by atoms with Crippen molar-refractivity contribution in [3.05, 3.63) is 0 Å². The van der Waals surface area contributed by atoms with E-state index in [2.05, 4.69) is 5.32 Å². The van der Waals surface area contributed by atoms with Gasteiger partial charge in [-0.2, -0.15) is 0 Å². The summed E-state index contributed by atoms with van der Waals surface area (Å²) < 4.78 is 4.84. The lowest BCUT2D eigenvalue weighted by Crippen LogP contribution is -2.50. The number of nitrogens with one attached hydrogen (secondary N) is 1. The molecule has 19 heavy (non-hydrogen) atoms. The molecule has 0 rings (SSSR count). The molecule has 3 N–H and O–H groups in total. The minimum Gasteiger partial charge on any atom is -0.377 e. The fourth-order valence-corrected chi connectivity index (χ4v) is 1.88. The van der Waals surface area contributed by atoms with E-state index in [4.69, 9.17) is 10.5 Å². The van der Waals surface area contributed by atoms with E-state index in [-0.39, 0.29) is 18.3 Å². The molecule has 2 atom stereocenters. The quantitative estimate of drug-likeness (QED) is 0.658. The van der Waals surface area contributed by atoms with E-state index in [9.17, 15) is 9.59 Å². The highest BCUT2D eigenvalue weighted by molar-refractivity contribution is 5.91. The topological polar surface area (TPSA) is 81.4 Å². The molecule has 0 bridgehead atoms. The number of carbonyl (C=O) groups is 2. The van der Waals surface area contributed by atoms with Crippen LogP contribution in [0.4, 0.5) is 0 Å². The van der Waals surface area contributed by atoms with Crippen LogP contribution in [0.25, 0.3) is 0 Å². The molecule has 0 aliphatic rings. The summed E-state index contributed by atoms with van der Waals surface area (Å²) in [4.78, 5) is 23.8. The Morgan fingerprint density at radius 2 is 1.63 bits per heavy atom. The number of rotatable bonds is 9. The zero-order valence-electron chi connectivity index (χ0n) is 12.7. The zero-order chi connectivity index (χ0) is 15.0. The molecule has 0 radical (unpaired) electrons. The first-order valence-corrected chi connectivity index (χ1v) is 6.85. The maximum absolute atomic E-state index is 11.9. The number of Topliss-reactive ketones (excluding diaryl/α,β-unsaturated/α-hetero) is 1. The van der Waals surface area contributed by atoms with Gasteiger partial charge in [0, 0.05) is 7.11 Å². The first kappa shape index (κ1) is 18.1. The van der Waals surface area contributed by atoms with Crippen LogP contribution in [0, 0.1) is 11.8 Å². The predicted octanol–water partition coefficient (Wildman–Crippen LogP) is 1.11. The van der Waals surface area contributed by atoms with Crippen molar-refractivity contribution in [3.8, 4) is 0 Å². The van der Waals surface area contributed by atoms with E-state index in [1.165, 1.54) is 7.11 Å². The van der Waals surface area contributed by atoms with Crippen molar-refractivity contribution in [2.75, 3.05) is 13.7 Å². The van der Waals surface area contributed by atoms with Crippen LogP contribution >= 0.6 is 0 Å². The number of hydrogen-bond donors (Lipinski definition) is 2. The second kappa shape index (κ2) is 9.04. The third-order valence-electron chi connectivity index (χ3n) is 2.76. The number of ether oxygens (including phenoxy) is 1. The molecule has 0 spiro atoms. The lowest BCUT2D eigenvalue weighted by molar-refractivity contribution is -0.131. The number of amides is 1. The molecule has 0 fully saturated rings. The lowest BCUT2D eigenvalue weighted by Gasteiger charge is -2.22. The molecule has 0 saturated carbocycles. The van der Waals surface area contributed by atoms with Crippen LogP contribution in [-0.2, 0) is 14.3 Å². The van der Waals surface area contributed by atoms with E-state index in [1.54, 1.807) is 0 Å². The molecule has 0 aliphatic heterocycles. The average molecular weight is 272 g/mol. The molecule has 0 aliphatic carbocycles. The van der Waals surface area contributed by atoms with E-state index < -0.39 is 12.1 Å². The van der Waals surface area contributed by atoms with Gasteiger partial charge in [-0.05, 0) is 24.7 Å². The number of hydrogen-bond acceptors (Lipinski definition) is 4. The van der Waals surface area contributed by atoms with Crippen molar-refractivity contribution in [2.24, 2.45) is 17.6 Å². The lowest BCUT2D eigenvalue weighted by atomic mass is 9.99. The van der Waals surface area contributed by atoms with Gasteiger partial charge in [0.1, 0.15) is 6.61 Å². The number of carbonyl (C=O) groups excluding carboxylic acids is 2. The number of nitrogens with two attached hydrogens (primary N) is 1. The normalized spacial score (nSPS) is 14.5. The van der Waals surface area contributed by atoms with Gasteiger partial charge in [0.05, 0.1) is 12.1 Å². The van der Waals surface area contributed by atoms with Gasteiger partial charge in [-0.15, -0.1) is 0 Å². The average Bonchev–Trinajstić information content (AvgIpc) is 2.26. The highest BCUT2D eigenvalue weighted by atomic mass is 16.5. The summed E-state index contributed by atoms with van der Waals surface area (Å²) in [6.45, 7) is 8.04. The van der Waals surface area contributed by atoms with Gasteiger partial charge in [-0.1, -0.05) is 27.7 Å². The smallest absolute Gasteiger partial charge is 0.237 e. The Labute approximate surface area is 116 Å². The summed E-state index contributed by atoms with van der Waals surface area (Å²) in [5, 5.41) is 2.74. The highest BCUT2D eigenvalue weighted by Crippen LogP contribution is 2.08. The molecule has 1 amide bonds. The Bertz CT molecular complexity index is 290. The predicted molar refractivity (Wildman–Crippen MR) is 75.7 cm³/mol.